The highest BCUT2D eigenvalue weighted by atomic mass is 19.1. The van der Waals surface area contributed by atoms with E-state index in [9.17, 15) is 9.18 Å². The quantitative estimate of drug-likeness (QED) is 0.689. The number of nitrogens with one attached hydrogen (secondary N) is 2. The topological polar surface area (TPSA) is 80.5 Å². The van der Waals surface area contributed by atoms with Crippen molar-refractivity contribution in [1.82, 2.24) is 19.9 Å². The van der Waals surface area contributed by atoms with Crippen LogP contribution in [0.2, 0.25) is 0 Å². The summed E-state index contributed by atoms with van der Waals surface area (Å²) in [6.45, 7) is 4.66. The number of hydrogen-bond acceptors (Lipinski definition) is 5. The molecule has 27 heavy (non-hydrogen) atoms. The molecule has 0 radical (unpaired) electrons. The molecule has 3 heterocycles. The molecule has 140 valence electrons. The summed E-state index contributed by atoms with van der Waals surface area (Å²) in [6, 6.07) is 6.02. The van der Waals surface area contributed by atoms with Gasteiger partial charge in [-0.05, 0) is 30.2 Å². The van der Waals surface area contributed by atoms with Crippen molar-refractivity contribution in [3.8, 4) is 5.75 Å². The third-order valence-electron chi connectivity index (χ3n) is 4.54. The van der Waals surface area contributed by atoms with Crippen LogP contribution in [0.15, 0.2) is 36.7 Å². The van der Waals surface area contributed by atoms with Gasteiger partial charge in [-0.3, -0.25) is 4.79 Å². The Kier molecular flexibility index (Phi) is 4.39. The molecule has 1 aliphatic rings. The van der Waals surface area contributed by atoms with Crippen molar-refractivity contribution in [2.45, 2.75) is 19.9 Å². The van der Waals surface area contributed by atoms with E-state index in [4.69, 9.17) is 4.74 Å². The lowest BCUT2D eigenvalue weighted by molar-refractivity contribution is 0.0948. The van der Waals surface area contributed by atoms with E-state index in [-0.39, 0.29) is 30.3 Å². The molecule has 0 fully saturated rings. The molecule has 2 aromatic heterocycles. The van der Waals surface area contributed by atoms with Crippen molar-refractivity contribution in [2.75, 3.05) is 18.5 Å². The highest BCUT2D eigenvalue weighted by Crippen LogP contribution is 2.33. The van der Waals surface area contributed by atoms with Crippen molar-refractivity contribution in [2.24, 2.45) is 5.92 Å². The molecule has 8 heteroatoms. The fraction of sp³-hybridized carbons (Fsp3) is 0.316. The Morgan fingerprint density at radius 2 is 2.19 bits per heavy atom. The lowest BCUT2D eigenvalue weighted by Gasteiger charge is -2.25. The smallest absolute Gasteiger partial charge is 0.256 e. The van der Waals surface area contributed by atoms with Gasteiger partial charge in [-0.15, -0.1) is 0 Å². The number of anilines is 1. The molecule has 1 aliphatic heterocycles. The first kappa shape index (κ1) is 17.3. The molecule has 0 saturated heterocycles. The molecule has 1 aromatic carbocycles. The van der Waals surface area contributed by atoms with E-state index >= 15 is 0 Å². The Labute approximate surface area is 155 Å². The normalized spacial score (nSPS) is 17.3. The number of nitrogens with zero attached hydrogens (tertiary/aromatic N) is 3. The van der Waals surface area contributed by atoms with Crippen LogP contribution in [0.3, 0.4) is 0 Å². The van der Waals surface area contributed by atoms with E-state index in [2.05, 4.69) is 20.7 Å². The van der Waals surface area contributed by atoms with E-state index in [1.807, 2.05) is 13.8 Å². The number of hydrogen-bond donors (Lipinski definition) is 2. The van der Waals surface area contributed by atoms with Crippen LogP contribution >= 0.6 is 0 Å². The van der Waals surface area contributed by atoms with Crippen molar-refractivity contribution < 1.29 is 13.9 Å². The van der Waals surface area contributed by atoms with Gasteiger partial charge < -0.3 is 15.4 Å². The summed E-state index contributed by atoms with van der Waals surface area (Å²) in [5.74, 6) is 0.702. The van der Waals surface area contributed by atoms with E-state index in [0.717, 1.165) is 0 Å². The highest BCUT2D eigenvalue weighted by Gasteiger charge is 2.23. The number of carbonyl (C=O) groups is 1. The molecule has 2 bridgehead atoms. The molecular formula is C19H20FN5O2. The zero-order valence-electron chi connectivity index (χ0n) is 15.1. The minimum atomic E-state index is -0.330. The molecule has 1 amide bonds. The maximum atomic E-state index is 14.0. The molecule has 0 aliphatic carbocycles. The van der Waals surface area contributed by atoms with Crippen LogP contribution in [0.4, 0.5) is 10.2 Å². The van der Waals surface area contributed by atoms with Crippen LogP contribution in [-0.2, 0) is 0 Å². The van der Waals surface area contributed by atoms with Gasteiger partial charge in [0.25, 0.3) is 5.91 Å². The molecule has 2 N–H and O–H groups in total. The number of fused-ring (bicyclic) bond motifs is 2. The summed E-state index contributed by atoms with van der Waals surface area (Å²) in [5, 5.41) is 10.3. The van der Waals surface area contributed by atoms with Crippen molar-refractivity contribution >= 4 is 17.4 Å². The molecular weight excluding hydrogens is 349 g/mol. The van der Waals surface area contributed by atoms with Crippen LogP contribution in [-0.4, -0.2) is 33.7 Å². The fourth-order valence-electron chi connectivity index (χ4n) is 3.19. The van der Waals surface area contributed by atoms with Crippen LogP contribution in [0.25, 0.3) is 5.65 Å². The van der Waals surface area contributed by atoms with Gasteiger partial charge in [0.15, 0.2) is 5.65 Å². The highest BCUT2D eigenvalue weighted by molar-refractivity contribution is 5.99. The number of aromatic nitrogens is 3. The van der Waals surface area contributed by atoms with Gasteiger partial charge in [-0.1, -0.05) is 13.8 Å². The monoisotopic (exact) mass is 369 g/mol. The summed E-state index contributed by atoms with van der Waals surface area (Å²) in [5.41, 5.74) is 1.56. The van der Waals surface area contributed by atoms with Gasteiger partial charge in [-0.25, -0.2) is 13.9 Å². The van der Waals surface area contributed by atoms with Crippen LogP contribution in [0, 0.1) is 11.7 Å². The van der Waals surface area contributed by atoms with E-state index in [0.29, 0.717) is 34.9 Å². The molecule has 1 atom stereocenters. The Morgan fingerprint density at radius 3 is 3.00 bits per heavy atom. The molecule has 0 spiro atoms. The largest absolute Gasteiger partial charge is 0.491 e. The molecule has 1 unspecified atom stereocenters. The second-order valence-corrected chi connectivity index (χ2v) is 6.79. The second-order valence-electron chi connectivity index (χ2n) is 6.79. The first-order valence-corrected chi connectivity index (χ1v) is 8.84. The molecule has 3 aromatic rings. The van der Waals surface area contributed by atoms with E-state index < -0.39 is 0 Å². The molecule has 7 nitrogen and oxygen atoms in total. The first-order chi connectivity index (χ1) is 13.0. The zero-order valence-corrected chi connectivity index (χ0v) is 15.1. The lowest BCUT2D eigenvalue weighted by Crippen LogP contribution is -2.28. The van der Waals surface area contributed by atoms with Crippen LogP contribution in [0.5, 0.6) is 5.75 Å². The average Bonchev–Trinajstić information content (AvgIpc) is 3.06. The maximum absolute atomic E-state index is 14.0. The number of ether oxygens (including phenoxy) is 1. The predicted octanol–water partition coefficient (Wildman–Crippen LogP) is 2.80. The van der Waals surface area contributed by atoms with E-state index in [1.165, 1.54) is 18.3 Å². The standard InChI is InChI=1S/C19H20FN5O2/c1-11(2)17-13-9-12(20)3-4-15(13)27-8-6-21-19(26)14-10-22-25-7-5-16(23-17)24-18(14)25/h3-5,7,9-11,17H,6,8H2,1-2H3,(H,21,26)(H,23,24). The van der Waals surface area contributed by atoms with Crippen molar-refractivity contribution in [1.29, 1.82) is 0 Å². The summed E-state index contributed by atoms with van der Waals surface area (Å²) in [7, 11) is 0. The molecule has 4 rings (SSSR count). The Morgan fingerprint density at radius 1 is 1.33 bits per heavy atom. The summed E-state index contributed by atoms with van der Waals surface area (Å²) >= 11 is 0. The second kappa shape index (κ2) is 6.86. The number of carbonyl (C=O) groups excluding carboxylic acids is 1. The average molecular weight is 369 g/mol. The number of rotatable bonds is 1. The van der Waals surface area contributed by atoms with E-state index in [1.54, 1.807) is 22.8 Å². The van der Waals surface area contributed by atoms with Gasteiger partial charge >= 0.3 is 0 Å². The third-order valence-corrected chi connectivity index (χ3v) is 4.54. The minimum absolute atomic E-state index is 0.140. The van der Waals surface area contributed by atoms with Gasteiger partial charge in [0.05, 0.1) is 18.8 Å². The van der Waals surface area contributed by atoms with Gasteiger partial charge in [0.1, 0.15) is 29.6 Å². The van der Waals surface area contributed by atoms with Gasteiger partial charge in [-0.2, -0.15) is 5.10 Å². The van der Waals surface area contributed by atoms with Crippen molar-refractivity contribution in [3.05, 3.63) is 53.6 Å². The Hall–Kier alpha value is -3.16. The van der Waals surface area contributed by atoms with Crippen molar-refractivity contribution in [3.63, 3.8) is 0 Å². The lowest BCUT2D eigenvalue weighted by atomic mass is 9.95. The van der Waals surface area contributed by atoms with Crippen LogP contribution in [0.1, 0.15) is 35.8 Å². The summed E-state index contributed by atoms with van der Waals surface area (Å²) in [4.78, 5) is 17.0. The summed E-state index contributed by atoms with van der Waals surface area (Å²) < 4.78 is 21.3. The summed E-state index contributed by atoms with van der Waals surface area (Å²) in [6.07, 6.45) is 3.23. The third kappa shape index (κ3) is 3.30. The number of amides is 1. The Balaban J connectivity index is 1.84. The maximum Gasteiger partial charge on any atom is 0.256 e. The SMILES string of the molecule is CC(C)C1Nc2ccn3ncc(c3n2)C(=O)NCCOc2ccc(F)cc21. The van der Waals surface area contributed by atoms with Gasteiger partial charge in [0.2, 0.25) is 0 Å². The van der Waals surface area contributed by atoms with Crippen LogP contribution < -0.4 is 15.4 Å². The minimum Gasteiger partial charge on any atom is -0.491 e. The predicted molar refractivity (Wildman–Crippen MR) is 98.4 cm³/mol. The zero-order chi connectivity index (χ0) is 19.0. The number of benzene rings is 1. The van der Waals surface area contributed by atoms with Gasteiger partial charge in [0, 0.05) is 11.8 Å². The Bertz CT molecular complexity index is 1000. The molecule has 0 saturated carbocycles. The number of halogens is 1. The fourth-order valence-corrected chi connectivity index (χ4v) is 3.19. The first-order valence-electron chi connectivity index (χ1n) is 8.84.